The quantitative estimate of drug-likeness (QED) is 0.434. The SMILES string of the molecule is CC=CC=C(C)C1(Nc2ncc(C(=O)NO)cn2)CC1. The Kier molecular flexibility index (Phi) is 4.14. The van der Waals surface area contributed by atoms with Crippen LogP contribution in [0.3, 0.4) is 0 Å². The summed E-state index contributed by atoms with van der Waals surface area (Å²) in [7, 11) is 0. The van der Waals surface area contributed by atoms with Crippen LogP contribution in [0, 0.1) is 0 Å². The van der Waals surface area contributed by atoms with Crippen LogP contribution in [-0.2, 0) is 0 Å². The highest BCUT2D eigenvalue weighted by Crippen LogP contribution is 2.44. The smallest absolute Gasteiger partial charge is 0.277 e. The average Bonchev–Trinajstić information content (AvgIpc) is 3.25. The third-order valence-corrected chi connectivity index (χ3v) is 3.41. The molecule has 20 heavy (non-hydrogen) atoms. The van der Waals surface area contributed by atoms with Crippen LogP contribution in [0.25, 0.3) is 0 Å². The van der Waals surface area contributed by atoms with Gasteiger partial charge in [-0.05, 0) is 32.3 Å². The van der Waals surface area contributed by atoms with E-state index in [9.17, 15) is 4.79 Å². The standard InChI is InChI=1S/C14H18N4O2/c1-3-4-5-10(2)14(6-7-14)17-13-15-8-11(9-16-13)12(19)18-20/h3-5,8-9,20H,6-7H2,1-2H3,(H,18,19)(H,15,16,17). The van der Waals surface area contributed by atoms with E-state index >= 15 is 0 Å². The van der Waals surface area contributed by atoms with Gasteiger partial charge in [-0.2, -0.15) is 0 Å². The Labute approximate surface area is 117 Å². The summed E-state index contributed by atoms with van der Waals surface area (Å²) in [6.45, 7) is 4.05. The molecule has 0 bridgehead atoms. The molecule has 1 aromatic heterocycles. The van der Waals surface area contributed by atoms with E-state index in [4.69, 9.17) is 5.21 Å². The normalized spacial score (nSPS) is 17.1. The number of aromatic nitrogens is 2. The van der Waals surface area contributed by atoms with Gasteiger partial charge in [-0.25, -0.2) is 15.4 Å². The lowest BCUT2D eigenvalue weighted by Crippen LogP contribution is -2.24. The number of nitrogens with one attached hydrogen (secondary N) is 2. The third-order valence-electron chi connectivity index (χ3n) is 3.41. The first-order valence-corrected chi connectivity index (χ1v) is 6.46. The zero-order chi connectivity index (χ0) is 14.6. The molecule has 0 atom stereocenters. The van der Waals surface area contributed by atoms with Crippen molar-refractivity contribution in [3.63, 3.8) is 0 Å². The monoisotopic (exact) mass is 274 g/mol. The maximum atomic E-state index is 11.2. The van der Waals surface area contributed by atoms with Gasteiger partial charge in [0.1, 0.15) is 0 Å². The predicted octanol–water partition coefficient (Wildman–Crippen LogP) is 2.06. The van der Waals surface area contributed by atoms with Gasteiger partial charge >= 0.3 is 0 Å². The fourth-order valence-corrected chi connectivity index (χ4v) is 1.93. The van der Waals surface area contributed by atoms with E-state index in [0.717, 1.165) is 12.8 Å². The average molecular weight is 274 g/mol. The summed E-state index contributed by atoms with van der Waals surface area (Å²) in [5.74, 6) is -0.146. The van der Waals surface area contributed by atoms with Gasteiger partial charge in [0.15, 0.2) is 0 Å². The van der Waals surface area contributed by atoms with Gasteiger partial charge in [-0.3, -0.25) is 10.0 Å². The van der Waals surface area contributed by atoms with Gasteiger partial charge < -0.3 is 5.32 Å². The van der Waals surface area contributed by atoms with E-state index in [1.165, 1.54) is 18.0 Å². The Bertz CT molecular complexity index is 545. The molecule has 1 aliphatic rings. The zero-order valence-electron chi connectivity index (χ0n) is 11.6. The van der Waals surface area contributed by atoms with Gasteiger partial charge in [0.05, 0.1) is 11.1 Å². The van der Waals surface area contributed by atoms with Crippen LogP contribution in [0.15, 0.2) is 36.2 Å². The molecule has 2 rings (SSSR count). The minimum Gasteiger partial charge on any atom is -0.345 e. The maximum absolute atomic E-state index is 11.2. The van der Waals surface area contributed by atoms with Crippen molar-refractivity contribution in [3.05, 3.63) is 41.8 Å². The lowest BCUT2D eigenvalue weighted by molar-refractivity contribution is 0.0705. The van der Waals surface area contributed by atoms with E-state index < -0.39 is 5.91 Å². The minimum absolute atomic E-state index is 0.0692. The molecule has 1 amide bonds. The fraction of sp³-hybridized carbons (Fsp3) is 0.357. The Morgan fingerprint density at radius 3 is 2.55 bits per heavy atom. The van der Waals surface area contributed by atoms with Crippen molar-refractivity contribution in [2.24, 2.45) is 0 Å². The second-order valence-electron chi connectivity index (χ2n) is 4.82. The second-order valence-corrected chi connectivity index (χ2v) is 4.82. The number of carbonyl (C=O) groups excluding carboxylic acids is 1. The molecule has 0 aromatic carbocycles. The van der Waals surface area contributed by atoms with Crippen molar-refractivity contribution in [1.82, 2.24) is 15.4 Å². The molecule has 0 saturated heterocycles. The van der Waals surface area contributed by atoms with Crippen molar-refractivity contribution in [2.75, 3.05) is 5.32 Å². The van der Waals surface area contributed by atoms with Crippen molar-refractivity contribution in [1.29, 1.82) is 0 Å². The summed E-state index contributed by atoms with van der Waals surface area (Å²) < 4.78 is 0. The molecule has 0 aliphatic heterocycles. The molecule has 0 radical (unpaired) electrons. The van der Waals surface area contributed by atoms with Gasteiger partial charge in [0.25, 0.3) is 5.91 Å². The van der Waals surface area contributed by atoms with Crippen molar-refractivity contribution in [2.45, 2.75) is 32.2 Å². The van der Waals surface area contributed by atoms with Crippen LogP contribution >= 0.6 is 0 Å². The Morgan fingerprint density at radius 2 is 2.05 bits per heavy atom. The van der Waals surface area contributed by atoms with Crippen LogP contribution in [0.5, 0.6) is 0 Å². The summed E-state index contributed by atoms with van der Waals surface area (Å²) in [5.41, 5.74) is 2.92. The van der Waals surface area contributed by atoms with Crippen LogP contribution in [0.1, 0.15) is 37.0 Å². The van der Waals surface area contributed by atoms with Crippen molar-refractivity contribution >= 4 is 11.9 Å². The number of hydrogen-bond donors (Lipinski definition) is 3. The number of hydroxylamine groups is 1. The van der Waals surface area contributed by atoms with Gasteiger partial charge in [-0.1, -0.05) is 18.2 Å². The van der Waals surface area contributed by atoms with Gasteiger partial charge in [0, 0.05) is 12.4 Å². The molecule has 1 aromatic rings. The van der Waals surface area contributed by atoms with E-state index in [1.54, 1.807) is 5.48 Å². The summed E-state index contributed by atoms with van der Waals surface area (Å²) in [5, 5.41) is 11.8. The van der Waals surface area contributed by atoms with E-state index in [1.807, 2.05) is 19.1 Å². The lowest BCUT2D eigenvalue weighted by atomic mass is 10.1. The van der Waals surface area contributed by atoms with Crippen LogP contribution in [0.2, 0.25) is 0 Å². The molecule has 1 fully saturated rings. The molecule has 1 saturated carbocycles. The molecular formula is C14H18N4O2. The minimum atomic E-state index is -0.623. The third kappa shape index (κ3) is 3.03. The first-order valence-electron chi connectivity index (χ1n) is 6.46. The maximum Gasteiger partial charge on any atom is 0.277 e. The van der Waals surface area contributed by atoms with Crippen LogP contribution in [0.4, 0.5) is 5.95 Å². The molecule has 1 heterocycles. The highest BCUT2D eigenvalue weighted by molar-refractivity contribution is 5.92. The largest absolute Gasteiger partial charge is 0.345 e. The topological polar surface area (TPSA) is 87.1 Å². The molecular weight excluding hydrogens is 256 g/mol. The molecule has 6 nitrogen and oxygen atoms in total. The molecule has 0 unspecified atom stereocenters. The number of rotatable bonds is 5. The van der Waals surface area contributed by atoms with Gasteiger partial charge in [-0.15, -0.1) is 0 Å². The Balaban J connectivity index is 2.09. The Hall–Kier alpha value is -2.21. The molecule has 3 N–H and O–H groups in total. The number of amides is 1. The number of allylic oxidation sites excluding steroid dienone is 3. The van der Waals surface area contributed by atoms with E-state index in [0.29, 0.717) is 5.95 Å². The summed E-state index contributed by atoms with van der Waals surface area (Å²) >= 11 is 0. The van der Waals surface area contributed by atoms with Crippen LogP contribution < -0.4 is 10.8 Å². The van der Waals surface area contributed by atoms with E-state index in [2.05, 4.69) is 28.3 Å². The summed E-state index contributed by atoms with van der Waals surface area (Å²) in [6.07, 6.45) is 10.9. The summed E-state index contributed by atoms with van der Waals surface area (Å²) in [4.78, 5) is 19.4. The highest BCUT2D eigenvalue weighted by atomic mass is 16.5. The van der Waals surface area contributed by atoms with Crippen LogP contribution in [-0.4, -0.2) is 26.6 Å². The Morgan fingerprint density at radius 1 is 1.40 bits per heavy atom. The number of carbonyl (C=O) groups is 1. The molecule has 0 spiro atoms. The molecule has 106 valence electrons. The summed E-state index contributed by atoms with van der Waals surface area (Å²) in [6, 6.07) is 0. The van der Waals surface area contributed by atoms with Gasteiger partial charge in [0.2, 0.25) is 5.95 Å². The molecule has 1 aliphatic carbocycles. The highest BCUT2D eigenvalue weighted by Gasteiger charge is 2.44. The lowest BCUT2D eigenvalue weighted by Gasteiger charge is -2.18. The number of nitrogens with zero attached hydrogens (tertiary/aromatic N) is 2. The second kappa shape index (κ2) is 5.83. The number of anilines is 1. The first kappa shape index (κ1) is 14.2. The predicted molar refractivity (Wildman–Crippen MR) is 75.4 cm³/mol. The fourth-order valence-electron chi connectivity index (χ4n) is 1.93. The zero-order valence-corrected chi connectivity index (χ0v) is 11.6. The first-order chi connectivity index (χ1) is 9.61. The van der Waals surface area contributed by atoms with Crippen molar-refractivity contribution in [3.8, 4) is 0 Å². The van der Waals surface area contributed by atoms with E-state index in [-0.39, 0.29) is 11.1 Å². The molecule has 6 heteroatoms. The number of hydrogen-bond acceptors (Lipinski definition) is 5. The van der Waals surface area contributed by atoms with Crippen molar-refractivity contribution < 1.29 is 10.0 Å².